The molecule has 1 saturated heterocycles. The monoisotopic (exact) mass is 411 g/mol. The zero-order valence-electron chi connectivity index (χ0n) is 16.8. The second-order valence-electron chi connectivity index (χ2n) is 8.14. The van der Waals surface area contributed by atoms with Crippen LogP contribution in [0.25, 0.3) is 10.2 Å². The van der Waals surface area contributed by atoms with Crippen LogP contribution in [0, 0.1) is 5.92 Å². The molecule has 1 aliphatic rings. The Bertz CT molecular complexity index is 1020. The molecule has 152 valence electrons. The van der Waals surface area contributed by atoms with E-state index in [4.69, 9.17) is 4.98 Å². The van der Waals surface area contributed by atoms with Gasteiger partial charge in [0.25, 0.3) is 5.91 Å². The number of fused-ring (bicyclic) bond motifs is 1. The molecule has 0 bridgehead atoms. The third-order valence-electron chi connectivity index (χ3n) is 5.29. The summed E-state index contributed by atoms with van der Waals surface area (Å²) in [6.45, 7) is 7.72. The van der Waals surface area contributed by atoms with E-state index in [1.807, 2.05) is 12.1 Å². The number of aliphatic hydroxyl groups is 1. The van der Waals surface area contributed by atoms with Gasteiger partial charge in [0.05, 0.1) is 15.8 Å². The highest BCUT2D eigenvalue weighted by atomic mass is 32.1. The summed E-state index contributed by atoms with van der Waals surface area (Å²) in [5.74, 6) is 0.415. The Morgan fingerprint density at radius 3 is 2.72 bits per heavy atom. The van der Waals surface area contributed by atoms with Gasteiger partial charge in [-0.15, -0.1) is 0 Å². The fourth-order valence-electron chi connectivity index (χ4n) is 3.52. The maximum Gasteiger partial charge on any atom is 0.274 e. The van der Waals surface area contributed by atoms with Gasteiger partial charge in [0.1, 0.15) is 12.0 Å². The lowest BCUT2D eigenvalue weighted by molar-refractivity contribution is 0.0794. The molecule has 0 atom stereocenters. The molecule has 0 spiro atoms. The second-order valence-corrected chi connectivity index (χ2v) is 9.15. The normalized spacial score (nSPS) is 15.7. The van der Waals surface area contributed by atoms with Crippen molar-refractivity contribution in [2.75, 3.05) is 23.3 Å². The van der Waals surface area contributed by atoms with Crippen LogP contribution in [0.2, 0.25) is 0 Å². The number of aromatic nitrogens is 3. The molecule has 2 N–H and O–H groups in total. The molecule has 1 fully saturated rings. The Labute approximate surface area is 173 Å². The van der Waals surface area contributed by atoms with Crippen molar-refractivity contribution in [3.8, 4) is 0 Å². The topological polar surface area (TPSA) is 91.2 Å². The number of carbonyl (C=O) groups excluding carboxylic acids is 1. The molecule has 3 heterocycles. The van der Waals surface area contributed by atoms with Crippen LogP contribution in [0.1, 0.15) is 49.7 Å². The predicted octanol–water partition coefficient (Wildman–Crippen LogP) is 3.80. The van der Waals surface area contributed by atoms with Gasteiger partial charge in [-0.3, -0.25) is 4.79 Å². The number of piperidine rings is 1. The van der Waals surface area contributed by atoms with Crippen LogP contribution in [-0.2, 0) is 5.60 Å². The predicted molar refractivity (Wildman–Crippen MR) is 115 cm³/mol. The van der Waals surface area contributed by atoms with Gasteiger partial charge >= 0.3 is 0 Å². The number of carbonyl (C=O) groups is 1. The zero-order valence-corrected chi connectivity index (χ0v) is 17.7. The minimum absolute atomic E-state index is 0.272. The molecule has 0 radical (unpaired) electrons. The van der Waals surface area contributed by atoms with E-state index >= 15 is 0 Å². The van der Waals surface area contributed by atoms with Gasteiger partial charge in [0.15, 0.2) is 5.13 Å². The van der Waals surface area contributed by atoms with Crippen LogP contribution in [0.15, 0.2) is 30.7 Å². The van der Waals surface area contributed by atoms with Crippen LogP contribution >= 0.6 is 11.3 Å². The number of nitrogens with one attached hydrogen (secondary N) is 1. The summed E-state index contributed by atoms with van der Waals surface area (Å²) in [6.07, 6.45) is 5.21. The summed E-state index contributed by atoms with van der Waals surface area (Å²) < 4.78 is 0.976. The largest absolute Gasteiger partial charge is 0.386 e. The molecule has 0 saturated carbocycles. The van der Waals surface area contributed by atoms with Crippen molar-refractivity contribution in [1.82, 2.24) is 15.0 Å². The third kappa shape index (κ3) is 4.23. The van der Waals surface area contributed by atoms with Crippen molar-refractivity contribution in [2.45, 2.75) is 39.2 Å². The van der Waals surface area contributed by atoms with Gasteiger partial charge in [-0.25, -0.2) is 15.0 Å². The van der Waals surface area contributed by atoms with Crippen LogP contribution < -0.4 is 10.2 Å². The highest BCUT2D eigenvalue weighted by Crippen LogP contribution is 2.37. The summed E-state index contributed by atoms with van der Waals surface area (Å²) in [4.78, 5) is 27.6. The Morgan fingerprint density at radius 2 is 2.07 bits per heavy atom. The van der Waals surface area contributed by atoms with Crippen LogP contribution in [-0.4, -0.2) is 39.1 Å². The molecule has 8 heteroatoms. The first kappa shape index (κ1) is 19.7. The first-order valence-corrected chi connectivity index (χ1v) is 10.6. The van der Waals surface area contributed by atoms with Gasteiger partial charge in [0, 0.05) is 30.5 Å². The molecular formula is C21H25N5O2S. The summed E-state index contributed by atoms with van der Waals surface area (Å²) in [5.41, 5.74) is 1.16. The van der Waals surface area contributed by atoms with E-state index in [0.717, 1.165) is 34.4 Å². The van der Waals surface area contributed by atoms with Crippen molar-refractivity contribution >= 4 is 38.3 Å². The first-order valence-electron chi connectivity index (χ1n) is 9.81. The highest BCUT2D eigenvalue weighted by Gasteiger charge is 2.25. The highest BCUT2D eigenvalue weighted by molar-refractivity contribution is 7.22. The van der Waals surface area contributed by atoms with Crippen LogP contribution in [0.3, 0.4) is 0 Å². The lowest BCUT2D eigenvalue weighted by atomic mass is 9.96. The maximum absolute atomic E-state index is 12.6. The second kappa shape index (κ2) is 7.68. The lowest BCUT2D eigenvalue weighted by Crippen LogP contribution is -2.32. The fourth-order valence-corrected chi connectivity index (χ4v) is 4.56. The Balaban J connectivity index is 1.69. The molecule has 2 aromatic heterocycles. The van der Waals surface area contributed by atoms with Gasteiger partial charge in [-0.1, -0.05) is 18.3 Å². The number of nitrogens with zero attached hydrogens (tertiary/aromatic N) is 4. The number of amides is 1. The van der Waals surface area contributed by atoms with Gasteiger partial charge in [-0.05, 0) is 50.8 Å². The number of hydrogen-bond acceptors (Lipinski definition) is 7. The van der Waals surface area contributed by atoms with E-state index < -0.39 is 5.60 Å². The van der Waals surface area contributed by atoms with Crippen molar-refractivity contribution in [1.29, 1.82) is 0 Å². The molecule has 1 amide bonds. The van der Waals surface area contributed by atoms with E-state index in [9.17, 15) is 9.90 Å². The summed E-state index contributed by atoms with van der Waals surface area (Å²) in [7, 11) is 0. The molecule has 1 aromatic carbocycles. The number of benzene rings is 1. The van der Waals surface area contributed by atoms with Gasteiger partial charge in [0.2, 0.25) is 0 Å². The summed E-state index contributed by atoms with van der Waals surface area (Å²) in [6, 6.07) is 5.33. The molecule has 1 aliphatic heterocycles. The van der Waals surface area contributed by atoms with Crippen LogP contribution in [0.4, 0.5) is 10.8 Å². The lowest BCUT2D eigenvalue weighted by Gasteiger charge is -2.29. The fraction of sp³-hybridized carbons (Fsp3) is 0.429. The minimum Gasteiger partial charge on any atom is -0.386 e. The minimum atomic E-state index is -1.13. The van der Waals surface area contributed by atoms with Crippen molar-refractivity contribution in [3.05, 3.63) is 42.0 Å². The Kier molecular flexibility index (Phi) is 5.23. The van der Waals surface area contributed by atoms with E-state index in [2.05, 4.69) is 27.1 Å². The standard InChI is InChI=1S/C21H25N5O2S/c1-13-5-8-26(9-6-13)20-25-17-10-14(21(2,3)28)16(11-18(17)29-20)24-19(27)15-4-7-22-12-23-15/h4,7,10-13,28H,5-6,8-9H2,1-3H3,(H,24,27). The van der Waals surface area contributed by atoms with E-state index in [1.165, 1.54) is 25.4 Å². The molecule has 4 rings (SSSR count). The van der Waals surface area contributed by atoms with Crippen molar-refractivity contribution in [3.63, 3.8) is 0 Å². The number of anilines is 2. The number of hydrogen-bond donors (Lipinski definition) is 2. The molecular weight excluding hydrogens is 386 g/mol. The van der Waals surface area contributed by atoms with E-state index in [0.29, 0.717) is 11.3 Å². The summed E-state index contributed by atoms with van der Waals surface area (Å²) in [5, 5.41) is 14.6. The van der Waals surface area contributed by atoms with Crippen LogP contribution in [0.5, 0.6) is 0 Å². The smallest absolute Gasteiger partial charge is 0.274 e. The van der Waals surface area contributed by atoms with Gasteiger partial charge < -0.3 is 15.3 Å². The Morgan fingerprint density at radius 1 is 1.31 bits per heavy atom. The zero-order chi connectivity index (χ0) is 20.6. The maximum atomic E-state index is 12.6. The molecule has 29 heavy (non-hydrogen) atoms. The van der Waals surface area contributed by atoms with Gasteiger partial charge in [-0.2, -0.15) is 0 Å². The molecule has 7 nitrogen and oxygen atoms in total. The SMILES string of the molecule is CC1CCN(c2nc3cc(C(C)(C)O)c(NC(=O)c4ccncn4)cc3s2)CC1. The average molecular weight is 412 g/mol. The summed E-state index contributed by atoms with van der Waals surface area (Å²) >= 11 is 1.62. The van der Waals surface area contributed by atoms with E-state index in [-0.39, 0.29) is 11.6 Å². The molecule has 0 aliphatic carbocycles. The first-order chi connectivity index (χ1) is 13.8. The molecule has 0 unspecified atom stereocenters. The Hall–Kier alpha value is -2.58. The average Bonchev–Trinajstić information content (AvgIpc) is 3.11. The third-order valence-corrected chi connectivity index (χ3v) is 6.37. The quantitative estimate of drug-likeness (QED) is 0.678. The number of thiazole rings is 1. The number of rotatable bonds is 4. The van der Waals surface area contributed by atoms with Crippen molar-refractivity contribution < 1.29 is 9.90 Å². The van der Waals surface area contributed by atoms with E-state index in [1.54, 1.807) is 31.3 Å². The van der Waals surface area contributed by atoms with Crippen molar-refractivity contribution in [2.24, 2.45) is 5.92 Å². The molecule has 3 aromatic rings.